The molecule has 0 aliphatic rings. The fourth-order valence-electron chi connectivity index (χ4n) is 2.04. The normalized spacial score (nSPS) is 10.3. The molecule has 0 spiro atoms. The average molecular weight is 415 g/mol. The minimum absolute atomic E-state index is 0.0181. The molecule has 0 atom stereocenters. The van der Waals surface area contributed by atoms with Gasteiger partial charge in [0.25, 0.3) is 11.8 Å². The van der Waals surface area contributed by atoms with Crippen LogP contribution in [0.2, 0.25) is 5.02 Å². The van der Waals surface area contributed by atoms with Crippen molar-refractivity contribution in [2.45, 2.75) is 6.42 Å². The van der Waals surface area contributed by atoms with Crippen molar-refractivity contribution in [3.63, 3.8) is 0 Å². The van der Waals surface area contributed by atoms with Gasteiger partial charge in [-0.2, -0.15) is 0 Å². The van der Waals surface area contributed by atoms with Gasteiger partial charge in [-0.1, -0.05) is 11.6 Å². The Morgan fingerprint density at radius 2 is 1.68 bits per heavy atom. The smallest absolute Gasteiger partial charge is 0.308 e. The molecule has 6 nitrogen and oxygen atoms in total. The Morgan fingerprint density at radius 3 is 2.36 bits per heavy atom. The van der Waals surface area contributed by atoms with E-state index in [0.717, 1.165) is 24.3 Å². The topological polar surface area (TPSA) is 84.5 Å². The molecule has 0 unspecified atom stereocenters. The predicted octanol–water partition coefficient (Wildman–Crippen LogP) is 3.06. The molecule has 2 amide bonds. The maximum Gasteiger partial charge on any atom is 0.308 e. The Labute approximate surface area is 162 Å². The van der Waals surface area contributed by atoms with Gasteiger partial charge in [-0.15, -0.1) is 0 Å². The van der Waals surface area contributed by atoms with Crippen molar-refractivity contribution in [2.75, 3.05) is 18.5 Å². The third-order valence-corrected chi connectivity index (χ3v) is 3.67. The number of benzene rings is 2. The summed E-state index contributed by atoms with van der Waals surface area (Å²) in [5, 5.41) is 4.60. The van der Waals surface area contributed by atoms with Crippen molar-refractivity contribution < 1.29 is 32.3 Å². The van der Waals surface area contributed by atoms with Gasteiger partial charge in [0, 0.05) is 12.6 Å². The number of carbonyl (C=O) groups excluding carboxylic acids is 3. The third kappa shape index (κ3) is 6.27. The van der Waals surface area contributed by atoms with Gasteiger partial charge in [-0.25, -0.2) is 13.2 Å². The van der Waals surface area contributed by atoms with Crippen molar-refractivity contribution in [1.82, 2.24) is 5.32 Å². The Balaban J connectivity index is 1.72. The summed E-state index contributed by atoms with van der Waals surface area (Å²) >= 11 is 5.75. The van der Waals surface area contributed by atoms with Crippen LogP contribution in [0.3, 0.4) is 0 Å². The van der Waals surface area contributed by atoms with E-state index in [1.54, 1.807) is 0 Å². The number of rotatable bonds is 7. The number of hydrogen-bond acceptors (Lipinski definition) is 4. The first-order valence-electron chi connectivity index (χ1n) is 7.90. The van der Waals surface area contributed by atoms with Crippen LogP contribution in [0.5, 0.6) is 0 Å². The Bertz CT molecular complexity index is 908. The molecule has 0 heterocycles. The third-order valence-electron chi connectivity index (χ3n) is 3.36. The van der Waals surface area contributed by atoms with E-state index in [1.165, 1.54) is 6.07 Å². The first-order chi connectivity index (χ1) is 13.3. The van der Waals surface area contributed by atoms with E-state index in [1.807, 2.05) is 0 Å². The van der Waals surface area contributed by atoms with E-state index in [0.29, 0.717) is 6.07 Å². The quantitative estimate of drug-likeness (QED) is 0.682. The molecule has 0 saturated heterocycles. The van der Waals surface area contributed by atoms with Crippen LogP contribution >= 0.6 is 11.6 Å². The molecule has 148 valence electrons. The van der Waals surface area contributed by atoms with Gasteiger partial charge in [0.05, 0.1) is 22.7 Å². The second kappa shape index (κ2) is 9.75. The molecule has 0 radical (unpaired) electrons. The van der Waals surface area contributed by atoms with E-state index < -0.39 is 41.8 Å². The molecule has 28 heavy (non-hydrogen) atoms. The summed E-state index contributed by atoms with van der Waals surface area (Å²) in [4.78, 5) is 35.0. The number of anilines is 1. The Morgan fingerprint density at radius 1 is 1.00 bits per heavy atom. The minimum Gasteiger partial charge on any atom is -0.456 e. The van der Waals surface area contributed by atoms with E-state index in [4.69, 9.17) is 16.3 Å². The molecule has 2 aromatic carbocycles. The summed E-state index contributed by atoms with van der Waals surface area (Å²) in [6.07, 6.45) is -0.279. The van der Waals surface area contributed by atoms with Crippen LogP contribution in [-0.4, -0.2) is 30.9 Å². The lowest BCUT2D eigenvalue weighted by molar-refractivity contribution is -0.147. The molecule has 2 aromatic rings. The summed E-state index contributed by atoms with van der Waals surface area (Å²) in [5.74, 6) is -4.74. The first kappa shape index (κ1) is 21.2. The highest BCUT2D eigenvalue weighted by molar-refractivity contribution is 6.33. The van der Waals surface area contributed by atoms with Gasteiger partial charge >= 0.3 is 5.97 Å². The lowest BCUT2D eigenvalue weighted by Gasteiger charge is -2.09. The summed E-state index contributed by atoms with van der Waals surface area (Å²) < 4.78 is 43.9. The zero-order chi connectivity index (χ0) is 20.7. The van der Waals surface area contributed by atoms with Crippen LogP contribution in [0.15, 0.2) is 36.4 Å². The zero-order valence-corrected chi connectivity index (χ0v) is 15.0. The summed E-state index contributed by atoms with van der Waals surface area (Å²) in [5.41, 5.74) is -0.219. The number of hydrogen-bond donors (Lipinski definition) is 2. The number of carbonyl (C=O) groups is 3. The maximum atomic E-state index is 13.5. The molecule has 10 heteroatoms. The maximum absolute atomic E-state index is 13.5. The second-order valence-electron chi connectivity index (χ2n) is 5.46. The highest BCUT2D eigenvalue weighted by Gasteiger charge is 2.14. The number of ether oxygens (including phenoxy) is 1. The molecule has 0 aliphatic heterocycles. The van der Waals surface area contributed by atoms with Gasteiger partial charge < -0.3 is 15.4 Å². The monoisotopic (exact) mass is 414 g/mol. The molecular formula is C18H14ClF3N2O4. The first-order valence-corrected chi connectivity index (χ1v) is 8.28. The minimum atomic E-state index is -1.03. The van der Waals surface area contributed by atoms with E-state index in [2.05, 4.69) is 10.6 Å². The van der Waals surface area contributed by atoms with Gasteiger partial charge in [0.1, 0.15) is 17.5 Å². The van der Waals surface area contributed by atoms with Crippen LogP contribution < -0.4 is 10.6 Å². The average Bonchev–Trinajstić information content (AvgIpc) is 2.62. The molecular weight excluding hydrogens is 401 g/mol. The molecule has 2 rings (SSSR count). The van der Waals surface area contributed by atoms with Crippen molar-refractivity contribution in [1.29, 1.82) is 0 Å². The number of halogens is 4. The lowest BCUT2D eigenvalue weighted by atomic mass is 10.2. The zero-order valence-electron chi connectivity index (χ0n) is 14.2. The summed E-state index contributed by atoms with van der Waals surface area (Å²) in [7, 11) is 0. The number of esters is 1. The van der Waals surface area contributed by atoms with Crippen LogP contribution in [0, 0.1) is 17.5 Å². The van der Waals surface area contributed by atoms with E-state index >= 15 is 0 Å². The summed E-state index contributed by atoms with van der Waals surface area (Å²) in [6, 6.07) is 5.83. The largest absolute Gasteiger partial charge is 0.456 e. The molecule has 0 aliphatic carbocycles. The molecule has 0 saturated carbocycles. The molecule has 0 fully saturated rings. The van der Waals surface area contributed by atoms with Gasteiger partial charge in [0.15, 0.2) is 6.61 Å². The van der Waals surface area contributed by atoms with Crippen molar-refractivity contribution in [2.24, 2.45) is 0 Å². The highest BCUT2D eigenvalue weighted by atomic mass is 35.5. The van der Waals surface area contributed by atoms with Crippen LogP contribution in [0.4, 0.5) is 18.9 Å². The molecule has 2 N–H and O–H groups in total. The van der Waals surface area contributed by atoms with E-state index in [-0.39, 0.29) is 29.2 Å². The van der Waals surface area contributed by atoms with Gasteiger partial charge in [-0.3, -0.25) is 14.4 Å². The predicted molar refractivity (Wildman–Crippen MR) is 94.3 cm³/mol. The highest BCUT2D eigenvalue weighted by Crippen LogP contribution is 2.22. The summed E-state index contributed by atoms with van der Waals surface area (Å²) in [6.45, 7) is -0.799. The van der Waals surface area contributed by atoms with E-state index in [9.17, 15) is 27.6 Å². The number of amides is 2. The standard InChI is InChI=1S/C18H14ClF3N2O4/c19-13-7-10(20)2-4-15(13)24-16(25)9-28-17(26)5-6-23-18(27)12-3-1-11(21)8-14(12)22/h1-4,7-8H,5-6,9H2,(H,23,27)(H,24,25). The number of nitrogens with one attached hydrogen (secondary N) is 2. The SMILES string of the molecule is O=C(COC(=O)CCNC(=O)c1ccc(F)cc1F)Nc1ccc(F)cc1Cl. The van der Waals surface area contributed by atoms with Gasteiger partial charge in [-0.05, 0) is 30.3 Å². The van der Waals surface area contributed by atoms with Crippen LogP contribution in [0.25, 0.3) is 0 Å². The van der Waals surface area contributed by atoms with Crippen molar-refractivity contribution in [3.05, 3.63) is 64.4 Å². The van der Waals surface area contributed by atoms with Crippen molar-refractivity contribution >= 4 is 35.1 Å². The fourth-order valence-corrected chi connectivity index (χ4v) is 2.26. The van der Waals surface area contributed by atoms with Gasteiger partial charge in [0.2, 0.25) is 0 Å². The Kier molecular flexibility index (Phi) is 7.39. The molecule has 0 aromatic heterocycles. The van der Waals surface area contributed by atoms with Crippen LogP contribution in [-0.2, 0) is 14.3 Å². The van der Waals surface area contributed by atoms with Crippen molar-refractivity contribution in [3.8, 4) is 0 Å². The molecule has 0 bridgehead atoms. The second-order valence-corrected chi connectivity index (χ2v) is 5.87. The van der Waals surface area contributed by atoms with Crippen LogP contribution in [0.1, 0.15) is 16.8 Å². The fraction of sp³-hybridized carbons (Fsp3) is 0.167. The Hall–Kier alpha value is -3.07. The lowest BCUT2D eigenvalue weighted by Crippen LogP contribution is -2.28.